The van der Waals surface area contributed by atoms with Gasteiger partial charge < -0.3 is 5.32 Å². The highest BCUT2D eigenvalue weighted by molar-refractivity contribution is 5.93. The normalized spacial score (nSPS) is 10.6. The highest BCUT2D eigenvalue weighted by atomic mass is 19.1. The lowest BCUT2D eigenvalue weighted by molar-refractivity contribution is 0.0943. The Balaban J connectivity index is 2.33. The van der Waals surface area contributed by atoms with Crippen LogP contribution in [0.15, 0.2) is 30.3 Å². The van der Waals surface area contributed by atoms with Crippen LogP contribution in [0.4, 0.5) is 4.39 Å². The van der Waals surface area contributed by atoms with Crippen LogP contribution in [0.5, 0.6) is 0 Å². The van der Waals surface area contributed by atoms with E-state index in [1.165, 1.54) is 12.1 Å². The Hall–Kier alpha value is -2.17. The van der Waals surface area contributed by atoms with Crippen LogP contribution < -0.4 is 5.32 Å². The Morgan fingerprint density at radius 1 is 1.35 bits per heavy atom. The molecule has 0 spiro atoms. The summed E-state index contributed by atoms with van der Waals surface area (Å²) in [5.74, 6) is -0.464. The lowest BCUT2D eigenvalue weighted by Crippen LogP contribution is -2.26. The molecule has 4 nitrogen and oxygen atoms in total. The topological polar surface area (TPSA) is 46.9 Å². The summed E-state index contributed by atoms with van der Waals surface area (Å²) in [5, 5.41) is 7.18. The zero-order valence-electron chi connectivity index (χ0n) is 11.7. The molecule has 0 aliphatic heterocycles. The van der Waals surface area contributed by atoms with Gasteiger partial charge in [0.05, 0.1) is 5.69 Å². The molecule has 1 aromatic carbocycles. The second kappa shape index (κ2) is 6.32. The van der Waals surface area contributed by atoms with Gasteiger partial charge in [-0.2, -0.15) is 5.10 Å². The van der Waals surface area contributed by atoms with Crippen LogP contribution in [-0.2, 0) is 6.54 Å². The van der Waals surface area contributed by atoms with E-state index < -0.39 is 0 Å². The fourth-order valence-corrected chi connectivity index (χ4v) is 1.96. The molecule has 1 N–H and O–H groups in total. The van der Waals surface area contributed by atoms with Gasteiger partial charge in [-0.15, -0.1) is 0 Å². The molecule has 0 bridgehead atoms. The number of halogens is 1. The SMILES string of the molecule is CCCNC(=O)c1cc(-c2cccc(F)c2)nn1CC. The van der Waals surface area contributed by atoms with Crippen LogP contribution in [0.2, 0.25) is 0 Å². The lowest BCUT2D eigenvalue weighted by atomic mass is 10.1. The van der Waals surface area contributed by atoms with Gasteiger partial charge in [-0.05, 0) is 31.5 Å². The van der Waals surface area contributed by atoms with E-state index in [0.717, 1.165) is 6.42 Å². The standard InChI is InChI=1S/C15H18FN3O/c1-3-8-17-15(20)14-10-13(18-19(14)4-2)11-6-5-7-12(16)9-11/h5-7,9-10H,3-4,8H2,1-2H3,(H,17,20). The maximum absolute atomic E-state index is 13.3. The van der Waals surface area contributed by atoms with Gasteiger partial charge in [-0.25, -0.2) is 4.39 Å². The lowest BCUT2D eigenvalue weighted by Gasteiger charge is -2.04. The number of hydrogen-bond acceptors (Lipinski definition) is 2. The van der Waals surface area contributed by atoms with Crippen molar-refractivity contribution < 1.29 is 9.18 Å². The number of aryl methyl sites for hydroxylation is 1. The molecule has 0 saturated heterocycles. The van der Waals surface area contributed by atoms with Gasteiger partial charge in [0.2, 0.25) is 0 Å². The van der Waals surface area contributed by atoms with E-state index in [4.69, 9.17) is 0 Å². The number of carbonyl (C=O) groups excluding carboxylic acids is 1. The number of aromatic nitrogens is 2. The minimum atomic E-state index is -0.314. The monoisotopic (exact) mass is 275 g/mol. The van der Waals surface area contributed by atoms with E-state index in [1.807, 2.05) is 13.8 Å². The number of carbonyl (C=O) groups is 1. The Kier molecular flexibility index (Phi) is 4.50. The summed E-state index contributed by atoms with van der Waals surface area (Å²) in [5.41, 5.74) is 1.77. The van der Waals surface area contributed by atoms with Gasteiger partial charge >= 0.3 is 0 Å². The van der Waals surface area contributed by atoms with E-state index >= 15 is 0 Å². The van der Waals surface area contributed by atoms with Crippen molar-refractivity contribution >= 4 is 5.91 Å². The minimum absolute atomic E-state index is 0.149. The zero-order valence-corrected chi connectivity index (χ0v) is 11.7. The molecule has 0 unspecified atom stereocenters. The number of rotatable bonds is 5. The molecule has 2 aromatic rings. The van der Waals surface area contributed by atoms with Crippen LogP contribution in [0.3, 0.4) is 0 Å². The average Bonchev–Trinajstić information content (AvgIpc) is 2.89. The Bertz CT molecular complexity index is 607. The van der Waals surface area contributed by atoms with Crippen LogP contribution in [0.25, 0.3) is 11.3 Å². The Labute approximate surface area is 117 Å². The predicted molar refractivity (Wildman–Crippen MR) is 75.9 cm³/mol. The fraction of sp³-hybridized carbons (Fsp3) is 0.333. The molecule has 0 radical (unpaired) electrons. The molecule has 0 atom stereocenters. The number of nitrogens with one attached hydrogen (secondary N) is 1. The molecule has 106 valence electrons. The van der Waals surface area contributed by atoms with E-state index in [9.17, 15) is 9.18 Å². The highest BCUT2D eigenvalue weighted by Gasteiger charge is 2.15. The van der Waals surface area contributed by atoms with Crippen LogP contribution in [0, 0.1) is 5.82 Å². The van der Waals surface area contributed by atoms with Crippen molar-refractivity contribution in [2.45, 2.75) is 26.8 Å². The highest BCUT2D eigenvalue weighted by Crippen LogP contribution is 2.20. The first kappa shape index (κ1) is 14.2. The summed E-state index contributed by atoms with van der Waals surface area (Å²) >= 11 is 0. The van der Waals surface area contributed by atoms with Crippen molar-refractivity contribution in [2.24, 2.45) is 0 Å². The van der Waals surface area contributed by atoms with Crippen LogP contribution >= 0.6 is 0 Å². The van der Waals surface area contributed by atoms with Crippen LogP contribution in [0.1, 0.15) is 30.8 Å². The van der Waals surface area contributed by atoms with Gasteiger partial charge in [0.1, 0.15) is 11.5 Å². The second-order valence-corrected chi connectivity index (χ2v) is 4.50. The quantitative estimate of drug-likeness (QED) is 0.912. The van der Waals surface area contributed by atoms with E-state index in [0.29, 0.717) is 30.0 Å². The minimum Gasteiger partial charge on any atom is -0.351 e. The van der Waals surface area contributed by atoms with Crippen molar-refractivity contribution in [3.8, 4) is 11.3 Å². The molecule has 1 amide bonds. The molecule has 1 heterocycles. The first-order valence-electron chi connectivity index (χ1n) is 6.77. The van der Waals surface area contributed by atoms with E-state index in [1.54, 1.807) is 22.9 Å². The maximum Gasteiger partial charge on any atom is 0.269 e. The van der Waals surface area contributed by atoms with Gasteiger partial charge in [0.15, 0.2) is 0 Å². The van der Waals surface area contributed by atoms with Crippen molar-refractivity contribution in [1.29, 1.82) is 0 Å². The molecule has 0 saturated carbocycles. The summed E-state index contributed by atoms with van der Waals surface area (Å²) < 4.78 is 14.9. The summed E-state index contributed by atoms with van der Waals surface area (Å²) in [4.78, 5) is 12.0. The molecule has 5 heteroatoms. The largest absolute Gasteiger partial charge is 0.351 e. The van der Waals surface area contributed by atoms with Gasteiger partial charge in [-0.1, -0.05) is 19.1 Å². The Morgan fingerprint density at radius 3 is 2.80 bits per heavy atom. The van der Waals surface area contributed by atoms with Crippen molar-refractivity contribution in [1.82, 2.24) is 15.1 Å². The summed E-state index contributed by atoms with van der Waals surface area (Å²) in [6.45, 7) is 5.13. The summed E-state index contributed by atoms with van der Waals surface area (Å²) in [6.07, 6.45) is 0.878. The molecular weight excluding hydrogens is 257 g/mol. The number of nitrogens with zero attached hydrogens (tertiary/aromatic N) is 2. The third-order valence-electron chi connectivity index (χ3n) is 2.97. The number of benzene rings is 1. The Morgan fingerprint density at radius 2 is 2.15 bits per heavy atom. The van der Waals surface area contributed by atoms with Gasteiger partial charge in [0, 0.05) is 18.7 Å². The second-order valence-electron chi connectivity index (χ2n) is 4.50. The molecule has 2 rings (SSSR count). The average molecular weight is 275 g/mol. The first-order chi connectivity index (χ1) is 9.65. The van der Waals surface area contributed by atoms with Crippen molar-refractivity contribution in [3.05, 3.63) is 41.8 Å². The first-order valence-corrected chi connectivity index (χ1v) is 6.77. The fourth-order valence-electron chi connectivity index (χ4n) is 1.96. The molecule has 0 fully saturated rings. The smallest absolute Gasteiger partial charge is 0.269 e. The molecule has 20 heavy (non-hydrogen) atoms. The van der Waals surface area contributed by atoms with Gasteiger partial charge in [0.25, 0.3) is 5.91 Å². The molecule has 0 aliphatic rings. The maximum atomic E-state index is 13.3. The summed E-state index contributed by atoms with van der Waals surface area (Å²) in [6, 6.07) is 7.90. The molecule has 1 aromatic heterocycles. The van der Waals surface area contributed by atoms with Crippen molar-refractivity contribution in [2.75, 3.05) is 6.54 Å². The van der Waals surface area contributed by atoms with Gasteiger partial charge in [-0.3, -0.25) is 9.48 Å². The third kappa shape index (κ3) is 3.04. The molecule has 0 aliphatic carbocycles. The zero-order chi connectivity index (χ0) is 14.5. The van der Waals surface area contributed by atoms with Crippen molar-refractivity contribution in [3.63, 3.8) is 0 Å². The summed E-state index contributed by atoms with van der Waals surface area (Å²) in [7, 11) is 0. The van der Waals surface area contributed by atoms with E-state index in [2.05, 4.69) is 10.4 Å². The predicted octanol–water partition coefficient (Wildman–Crippen LogP) is 2.85. The number of hydrogen-bond donors (Lipinski definition) is 1. The number of amides is 1. The molecular formula is C15H18FN3O. The van der Waals surface area contributed by atoms with Crippen LogP contribution in [-0.4, -0.2) is 22.2 Å². The third-order valence-corrected chi connectivity index (χ3v) is 2.97. The van der Waals surface area contributed by atoms with E-state index in [-0.39, 0.29) is 11.7 Å².